The zero-order valence-corrected chi connectivity index (χ0v) is 17.5. The number of nitro benzene ring substituents is 1. The number of carbonyl (C=O) groups excluding carboxylic acids is 1. The molecule has 10 nitrogen and oxygen atoms in total. The van der Waals surface area contributed by atoms with Gasteiger partial charge in [-0.3, -0.25) is 14.9 Å². The van der Waals surface area contributed by atoms with Gasteiger partial charge in [0.2, 0.25) is 10.0 Å². The smallest absolute Gasteiger partial charge is 0.269 e. The molecule has 31 heavy (non-hydrogen) atoms. The molecule has 1 N–H and O–H groups in total. The second-order valence-corrected chi connectivity index (χ2v) is 8.42. The number of nitro groups is 1. The molecule has 1 amide bonds. The van der Waals surface area contributed by atoms with Crippen LogP contribution in [-0.2, 0) is 22.4 Å². The first kappa shape index (κ1) is 22.0. The van der Waals surface area contributed by atoms with Crippen molar-refractivity contribution < 1.29 is 27.4 Å². The van der Waals surface area contributed by atoms with Gasteiger partial charge in [-0.2, -0.15) is 0 Å². The van der Waals surface area contributed by atoms with Crippen LogP contribution < -0.4 is 9.46 Å². The van der Waals surface area contributed by atoms with Gasteiger partial charge < -0.3 is 9.26 Å². The van der Waals surface area contributed by atoms with Crippen molar-refractivity contribution in [1.82, 2.24) is 9.88 Å². The van der Waals surface area contributed by atoms with Crippen LogP contribution in [0.4, 0.5) is 5.69 Å². The molecule has 0 atom stereocenters. The Balaban J connectivity index is 1.71. The number of carbonyl (C=O) groups is 1. The van der Waals surface area contributed by atoms with Crippen molar-refractivity contribution in [2.45, 2.75) is 26.2 Å². The largest absolute Gasteiger partial charge is 0.488 e. The molecule has 0 unspecified atom stereocenters. The summed E-state index contributed by atoms with van der Waals surface area (Å²) in [5.41, 5.74) is 1.58. The van der Waals surface area contributed by atoms with Crippen molar-refractivity contribution in [2.75, 3.05) is 0 Å². The topological polar surface area (TPSA) is 142 Å². The zero-order chi connectivity index (χ0) is 22.6. The first-order chi connectivity index (χ1) is 14.7. The molecule has 0 aliphatic carbocycles. The van der Waals surface area contributed by atoms with Crippen molar-refractivity contribution in [3.63, 3.8) is 0 Å². The fraction of sp³-hybridized carbons (Fsp3) is 0.200. The molecule has 3 aromatic rings. The van der Waals surface area contributed by atoms with E-state index in [2.05, 4.69) is 5.16 Å². The maximum atomic E-state index is 12.6. The van der Waals surface area contributed by atoms with E-state index >= 15 is 0 Å². The van der Waals surface area contributed by atoms with E-state index in [0.717, 1.165) is 5.56 Å². The highest BCUT2D eigenvalue weighted by molar-refractivity contribution is 7.89. The van der Waals surface area contributed by atoms with Crippen molar-refractivity contribution in [2.24, 2.45) is 0 Å². The van der Waals surface area contributed by atoms with Gasteiger partial charge >= 0.3 is 0 Å². The third-order valence-electron chi connectivity index (χ3n) is 4.44. The molecule has 0 aliphatic heterocycles. The van der Waals surface area contributed by atoms with Gasteiger partial charge in [-0.25, -0.2) is 13.1 Å². The standard InChI is InChI=1S/C20H19N3O7S/c1-13-18(14(2)30-21-13)11-29-19-6-4-3-5-17(19)20(24)22-31(27,28)12-15-7-9-16(10-8-15)23(25)26/h3-10H,11-12H2,1-2H3,(H,22,24). The van der Waals surface area contributed by atoms with Gasteiger partial charge in [0.05, 0.1) is 27.5 Å². The van der Waals surface area contributed by atoms with Crippen LogP contribution in [0.25, 0.3) is 0 Å². The summed E-state index contributed by atoms with van der Waals surface area (Å²) in [6.45, 7) is 3.60. The number of non-ortho nitro benzene ring substituents is 1. The lowest BCUT2D eigenvalue weighted by Gasteiger charge is -2.12. The van der Waals surface area contributed by atoms with Crippen LogP contribution >= 0.6 is 0 Å². The summed E-state index contributed by atoms with van der Waals surface area (Å²) in [6.07, 6.45) is 0. The van der Waals surface area contributed by atoms with Crippen molar-refractivity contribution in [3.8, 4) is 5.75 Å². The quantitative estimate of drug-likeness (QED) is 0.412. The van der Waals surface area contributed by atoms with Gasteiger partial charge in [-0.05, 0) is 31.5 Å². The number of nitrogens with zero attached hydrogens (tertiary/aromatic N) is 2. The molecule has 0 radical (unpaired) electrons. The number of para-hydroxylation sites is 1. The highest BCUT2D eigenvalue weighted by atomic mass is 32.2. The van der Waals surface area contributed by atoms with Crippen molar-refractivity contribution >= 4 is 21.6 Å². The Kier molecular flexibility index (Phi) is 6.35. The first-order valence-corrected chi connectivity index (χ1v) is 10.7. The highest BCUT2D eigenvalue weighted by Crippen LogP contribution is 2.22. The summed E-state index contributed by atoms with van der Waals surface area (Å²) in [4.78, 5) is 22.7. The summed E-state index contributed by atoms with van der Waals surface area (Å²) < 4.78 is 37.6. The normalized spacial score (nSPS) is 11.2. The fourth-order valence-electron chi connectivity index (χ4n) is 2.80. The molecule has 1 aromatic heterocycles. The predicted molar refractivity (Wildman–Crippen MR) is 110 cm³/mol. The van der Waals surface area contributed by atoms with Crippen LogP contribution in [0.2, 0.25) is 0 Å². The van der Waals surface area contributed by atoms with E-state index in [-0.39, 0.29) is 23.6 Å². The van der Waals surface area contributed by atoms with E-state index in [1.807, 2.05) is 4.72 Å². The second kappa shape index (κ2) is 8.96. The number of hydrogen-bond acceptors (Lipinski definition) is 8. The first-order valence-electron chi connectivity index (χ1n) is 9.08. The number of hydrogen-bond donors (Lipinski definition) is 1. The molecule has 162 valence electrons. The summed E-state index contributed by atoms with van der Waals surface area (Å²) in [7, 11) is -4.05. The van der Waals surface area contributed by atoms with Crippen molar-refractivity contribution in [1.29, 1.82) is 0 Å². The Bertz CT molecular complexity index is 1200. The van der Waals surface area contributed by atoms with E-state index in [9.17, 15) is 23.3 Å². The number of amides is 1. The third kappa shape index (κ3) is 5.45. The number of ether oxygens (including phenoxy) is 1. The van der Waals surface area contributed by atoms with Gasteiger partial charge in [0.1, 0.15) is 18.1 Å². The van der Waals surface area contributed by atoms with E-state index in [1.54, 1.807) is 32.0 Å². The van der Waals surface area contributed by atoms with Crippen LogP contribution in [0, 0.1) is 24.0 Å². The lowest BCUT2D eigenvalue weighted by atomic mass is 10.2. The van der Waals surface area contributed by atoms with Gasteiger partial charge in [0, 0.05) is 12.1 Å². The van der Waals surface area contributed by atoms with Crippen molar-refractivity contribution in [3.05, 3.63) is 86.8 Å². The van der Waals surface area contributed by atoms with E-state index < -0.39 is 26.6 Å². The van der Waals surface area contributed by atoms with Crippen LogP contribution in [0.15, 0.2) is 53.1 Å². The molecule has 0 bridgehead atoms. The molecule has 1 heterocycles. The summed E-state index contributed by atoms with van der Waals surface area (Å²) >= 11 is 0. The molecule has 0 saturated heterocycles. The lowest BCUT2D eigenvalue weighted by Crippen LogP contribution is -2.31. The maximum Gasteiger partial charge on any atom is 0.269 e. The molecular formula is C20H19N3O7S. The lowest BCUT2D eigenvalue weighted by molar-refractivity contribution is -0.384. The van der Waals surface area contributed by atoms with E-state index in [1.165, 1.54) is 30.3 Å². The van der Waals surface area contributed by atoms with Crippen LogP contribution in [0.1, 0.15) is 32.9 Å². The molecule has 0 saturated carbocycles. The predicted octanol–water partition coefficient (Wildman–Crippen LogP) is 3.04. The number of sulfonamides is 1. The Morgan fingerprint density at radius 1 is 1.16 bits per heavy atom. The Hall–Kier alpha value is -3.73. The highest BCUT2D eigenvalue weighted by Gasteiger charge is 2.21. The minimum Gasteiger partial charge on any atom is -0.488 e. The maximum absolute atomic E-state index is 12.6. The second-order valence-electron chi connectivity index (χ2n) is 6.70. The zero-order valence-electron chi connectivity index (χ0n) is 16.7. The Morgan fingerprint density at radius 2 is 1.84 bits per heavy atom. The Labute approximate surface area is 178 Å². The molecule has 0 aliphatic rings. The average molecular weight is 445 g/mol. The van der Waals surface area contributed by atoms with Gasteiger partial charge in [0.15, 0.2) is 0 Å². The van der Waals surface area contributed by atoms with Gasteiger partial charge in [-0.15, -0.1) is 0 Å². The fourth-order valence-corrected chi connectivity index (χ4v) is 3.90. The average Bonchev–Trinajstić information content (AvgIpc) is 3.03. The SMILES string of the molecule is Cc1noc(C)c1COc1ccccc1C(=O)NS(=O)(=O)Cc1ccc([N+](=O)[O-])cc1. The minimum absolute atomic E-state index is 0.0431. The van der Waals surface area contributed by atoms with Crippen LogP contribution in [0.3, 0.4) is 0 Å². The molecule has 3 rings (SSSR count). The Morgan fingerprint density at radius 3 is 2.45 bits per heavy atom. The summed E-state index contributed by atoms with van der Waals surface area (Å²) in [6, 6.07) is 11.3. The molecular weight excluding hydrogens is 426 g/mol. The van der Waals surface area contributed by atoms with Crippen LogP contribution in [0.5, 0.6) is 5.75 Å². The number of benzene rings is 2. The molecule has 11 heteroatoms. The molecule has 0 spiro atoms. The van der Waals surface area contributed by atoms with E-state index in [4.69, 9.17) is 9.26 Å². The summed E-state index contributed by atoms with van der Waals surface area (Å²) in [5.74, 6) is -0.578. The number of nitrogens with one attached hydrogen (secondary N) is 1. The monoisotopic (exact) mass is 445 g/mol. The number of rotatable bonds is 8. The molecule has 2 aromatic carbocycles. The third-order valence-corrected chi connectivity index (χ3v) is 5.65. The minimum atomic E-state index is -4.05. The number of aromatic nitrogens is 1. The van der Waals surface area contributed by atoms with Gasteiger partial charge in [0.25, 0.3) is 11.6 Å². The van der Waals surface area contributed by atoms with E-state index in [0.29, 0.717) is 17.0 Å². The van der Waals surface area contributed by atoms with Crippen LogP contribution in [-0.4, -0.2) is 24.4 Å². The van der Waals surface area contributed by atoms with Gasteiger partial charge in [-0.1, -0.05) is 29.4 Å². The molecule has 0 fully saturated rings. The number of aryl methyl sites for hydroxylation is 2. The summed E-state index contributed by atoms with van der Waals surface area (Å²) in [5, 5.41) is 14.5.